The lowest BCUT2D eigenvalue weighted by Gasteiger charge is -2.07. The molecule has 0 aliphatic rings. The number of aromatic amines is 1. The summed E-state index contributed by atoms with van der Waals surface area (Å²) in [6.45, 7) is 0. The highest BCUT2D eigenvalue weighted by Crippen LogP contribution is 2.34. The molecule has 1 heterocycles. The summed E-state index contributed by atoms with van der Waals surface area (Å²) in [5, 5.41) is 0.889. The Hall–Kier alpha value is -2.83. The number of hydrogen-bond acceptors (Lipinski definition) is 2. The number of carbonyl (C=O) groups excluding carboxylic acids is 1. The number of rotatable bonds is 4. The molecule has 0 aliphatic carbocycles. The van der Waals surface area contributed by atoms with Crippen LogP contribution in [0.25, 0.3) is 22.4 Å². The lowest BCUT2D eigenvalue weighted by Crippen LogP contribution is -2.06. The van der Waals surface area contributed by atoms with Crippen molar-refractivity contribution in [3.63, 3.8) is 0 Å². The lowest BCUT2D eigenvalue weighted by atomic mass is 10.0. The van der Waals surface area contributed by atoms with E-state index in [9.17, 15) is 18.0 Å². The number of hydrogen-bond donors (Lipinski definition) is 1. The van der Waals surface area contributed by atoms with Crippen LogP contribution in [0, 0.1) is 0 Å². The van der Waals surface area contributed by atoms with Crippen LogP contribution in [0.2, 0.25) is 10.0 Å². The van der Waals surface area contributed by atoms with Gasteiger partial charge in [0.25, 0.3) is 0 Å². The molecule has 0 spiro atoms. The molecule has 0 atom stereocenters. The molecule has 4 aromatic rings. The van der Waals surface area contributed by atoms with E-state index in [-0.39, 0.29) is 12.2 Å². The summed E-state index contributed by atoms with van der Waals surface area (Å²) < 4.78 is 38.0. The standard InChI is InChI=1S/C22H13Cl2F3N2O/c23-15-2-1-3-16(24)20(15)21-28-17-9-6-13(11-18(17)29-21)19(30)10-12-4-7-14(8-5-12)22(25,26)27/h1-9,11H,10H2,(H,28,29). The van der Waals surface area contributed by atoms with Gasteiger partial charge in [-0.15, -0.1) is 0 Å². The highest BCUT2D eigenvalue weighted by Gasteiger charge is 2.30. The molecule has 0 saturated carbocycles. The molecular formula is C22H13Cl2F3N2O. The number of halogens is 5. The van der Waals surface area contributed by atoms with Crippen LogP contribution in [0.4, 0.5) is 13.2 Å². The molecule has 0 unspecified atom stereocenters. The first-order valence-electron chi connectivity index (χ1n) is 8.86. The average Bonchev–Trinajstić information content (AvgIpc) is 3.10. The van der Waals surface area contributed by atoms with Crippen molar-refractivity contribution in [2.45, 2.75) is 12.6 Å². The van der Waals surface area contributed by atoms with Gasteiger partial charge in [0.15, 0.2) is 5.78 Å². The van der Waals surface area contributed by atoms with Gasteiger partial charge in [0.2, 0.25) is 0 Å². The maximum atomic E-state index is 12.7. The number of Topliss-reactive ketones (excluding diaryl/α,β-unsaturated/α-hetero) is 1. The molecule has 0 amide bonds. The fourth-order valence-electron chi connectivity index (χ4n) is 3.12. The summed E-state index contributed by atoms with van der Waals surface area (Å²) in [5.74, 6) is 0.261. The lowest BCUT2D eigenvalue weighted by molar-refractivity contribution is -0.137. The first kappa shape index (κ1) is 20.4. The van der Waals surface area contributed by atoms with Crippen molar-refractivity contribution in [3.05, 3.63) is 87.4 Å². The summed E-state index contributed by atoms with van der Waals surface area (Å²) in [4.78, 5) is 20.2. The van der Waals surface area contributed by atoms with E-state index in [0.717, 1.165) is 12.1 Å². The second kappa shape index (κ2) is 7.78. The first-order chi connectivity index (χ1) is 14.2. The van der Waals surface area contributed by atoms with Crippen LogP contribution in [-0.2, 0) is 12.6 Å². The predicted molar refractivity (Wildman–Crippen MR) is 111 cm³/mol. The van der Waals surface area contributed by atoms with Gasteiger partial charge in [-0.1, -0.05) is 41.4 Å². The molecule has 1 aromatic heterocycles. The van der Waals surface area contributed by atoms with E-state index in [1.807, 2.05) is 0 Å². The van der Waals surface area contributed by atoms with Crippen molar-refractivity contribution >= 4 is 40.0 Å². The Labute approximate surface area is 179 Å². The number of ketones is 1. The average molecular weight is 449 g/mol. The minimum atomic E-state index is -4.41. The van der Waals surface area contributed by atoms with Crippen LogP contribution in [0.3, 0.4) is 0 Å². The Morgan fingerprint density at radius 2 is 1.63 bits per heavy atom. The minimum Gasteiger partial charge on any atom is -0.338 e. The maximum absolute atomic E-state index is 12.7. The van der Waals surface area contributed by atoms with Crippen molar-refractivity contribution in [3.8, 4) is 11.4 Å². The third-order valence-electron chi connectivity index (χ3n) is 4.65. The zero-order chi connectivity index (χ0) is 21.5. The molecule has 30 heavy (non-hydrogen) atoms. The number of imidazole rings is 1. The number of carbonyl (C=O) groups is 1. The molecule has 152 valence electrons. The van der Waals surface area contributed by atoms with E-state index >= 15 is 0 Å². The Balaban J connectivity index is 1.60. The Morgan fingerprint density at radius 3 is 2.27 bits per heavy atom. The van der Waals surface area contributed by atoms with E-state index in [1.165, 1.54) is 12.1 Å². The molecule has 3 nitrogen and oxygen atoms in total. The second-order valence-electron chi connectivity index (χ2n) is 6.71. The van der Waals surface area contributed by atoms with Crippen molar-refractivity contribution < 1.29 is 18.0 Å². The SMILES string of the molecule is O=C(Cc1ccc(C(F)(F)F)cc1)c1ccc2nc(-c3c(Cl)cccc3Cl)[nH]c2c1. The maximum Gasteiger partial charge on any atom is 0.416 e. The molecule has 0 bridgehead atoms. The van der Waals surface area contributed by atoms with Crippen molar-refractivity contribution in [2.24, 2.45) is 0 Å². The number of alkyl halides is 3. The number of nitrogens with one attached hydrogen (secondary N) is 1. The third-order valence-corrected chi connectivity index (χ3v) is 5.28. The topological polar surface area (TPSA) is 45.8 Å². The van der Waals surface area contributed by atoms with E-state index in [1.54, 1.807) is 36.4 Å². The van der Waals surface area contributed by atoms with Gasteiger partial charge in [-0.25, -0.2) is 4.98 Å². The van der Waals surface area contributed by atoms with E-state index < -0.39 is 11.7 Å². The number of benzene rings is 3. The van der Waals surface area contributed by atoms with Gasteiger partial charge in [-0.2, -0.15) is 13.2 Å². The molecule has 4 rings (SSSR count). The summed E-state index contributed by atoms with van der Waals surface area (Å²) in [6.07, 6.45) is -4.42. The Kier molecular flexibility index (Phi) is 5.30. The van der Waals surface area contributed by atoms with Gasteiger partial charge in [0, 0.05) is 12.0 Å². The van der Waals surface area contributed by atoms with Crippen LogP contribution in [-0.4, -0.2) is 15.8 Å². The van der Waals surface area contributed by atoms with Crippen LogP contribution < -0.4 is 0 Å². The molecule has 0 radical (unpaired) electrons. The first-order valence-corrected chi connectivity index (χ1v) is 9.61. The molecule has 0 aliphatic heterocycles. The molecule has 3 aromatic carbocycles. The summed E-state index contributed by atoms with van der Waals surface area (Å²) in [6, 6.07) is 14.7. The third kappa shape index (κ3) is 4.06. The molecule has 0 saturated heterocycles. The summed E-state index contributed by atoms with van der Waals surface area (Å²) in [7, 11) is 0. The van der Waals surface area contributed by atoms with Crippen LogP contribution in [0.1, 0.15) is 21.5 Å². The smallest absolute Gasteiger partial charge is 0.338 e. The van der Waals surface area contributed by atoms with E-state index in [4.69, 9.17) is 23.2 Å². The minimum absolute atomic E-state index is 0.0129. The number of aromatic nitrogens is 2. The van der Waals surface area contributed by atoms with Crippen LogP contribution >= 0.6 is 23.2 Å². The fourth-order valence-corrected chi connectivity index (χ4v) is 3.70. The van der Waals surface area contributed by atoms with Gasteiger partial charge in [-0.3, -0.25) is 4.79 Å². The highest BCUT2D eigenvalue weighted by atomic mass is 35.5. The monoisotopic (exact) mass is 448 g/mol. The predicted octanol–water partition coefficient (Wildman–Crippen LogP) is 6.98. The highest BCUT2D eigenvalue weighted by molar-refractivity contribution is 6.39. The van der Waals surface area contributed by atoms with Gasteiger partial charge in [0.05, 0.1) is 32.2 Å². The van der Waals surface area contributed by atoms with Crippen molar-refractivity contribution in [2.75, 3.05) is 0 Å². The van der Waals surface area contributed by atoms with E-state index in [0.29, 0.717) is 43.6 Å². The zero-order valence-corrected chi connectivity index (χ0v) is 16.7. The van der Waals surface area contributed by atoms with Crippen molar-refractivity contribution in [1.82, 2.24) is 9.97 Å². The van der Waals surface area contributed by atoms with Gasteiger partial charge >= 0.3 is 6.18 Å². The second-order valence-corrected chi connectivity index (χ2v) is 7.52. The van der Waals surface area contributed by atoms with E-state index in [2.05, 4.69) is 9.97 Å². The summed E-state index contributed by atoms with van der Waals surface area (Å²) in [5.41, 5.74) is 1.99. The normalized spacial score (nSPS) is 11.8. The van der Waals surface area contributed by atoms with Gasteiger partial charge < -0.3 is 4.98 Å². The Morgan fingerprint density at radius 1 is 0.967 bits per heavy atom. The quantitative estimate of drug-likeness (QED) is 0.342. The molecule has 0 fully saturated rings. The van der Waals surface area contributed by atoms with Crippen LogP contribution in [0.5, 0.6) is 0 Å². The number of H-pyrrole nitrogens is 1. The van der Waals surface area contributed by atoms with Gasteiger partial charge in [-0.05, 0) is 48.0 Å². The largest absolute Gasteiger partial charge is 0.416 e. The Bertz CT molecular complexity index is 1230. The van der Waals surface area contributed by atoms with Gasteiger partial charge in [0.1, 0.15) is 5.82 Å². The summed E-state index contributed by atoms with van der Waals surface area (Å²) >= 11 is 12.5. The fraction of sp³-hybridized carbons (Fsp3) is 0.0909. The zero-order valence-electron chi connectivity index (χ0n) is 15.2. The molecular weight excluding hydrogens is 436 g/mol. The van der Waals surface area contributed by atoms with Crippen LogP contribution in [0.15, 0.2) is 60.7 Å². The molecule has 8 heteroatoms. The molecule has 1 N–H and O–H groups in total. The number of fused-ring (bicyclic) bond motifs is 1. The number of nitrogens with zero attached hydrogens (tertiary/aromatic N) is 1. The van der Waals surface area contributed by atoms with Crippen molar-refractivity contribution in [1.29, 1.82) is 0 Å².